The number of amides is 1. The van der Waals surface area contributed by atoms with Crippen LogP contribution in [0.4, 0.5) is 0 Å². The number of halogens is 1. The molecule has 1 heterocycles. The van der Waals surface area contributed by atoms with Gasteiger partial charge in [-0.25, -0.2) is 4.98 Å². The smallest absolute Gasteiger partial charge is 0.244 e. The van der Waals surface area contributed by atoms with Crippen molar-refractivity contribution < 1.29 is 4.79 Å². The highest BCUT2D eigenvalue weighted by molar-refractivity contribution is 6.30. The number of nitrogens with zero attached hydrogens (tertiary/aromatic N) is 2. The fourth-order valence-electron chi connectivity index (χ4n) is 1.73. The Morgan fingerprint density at radius 2 is 2.35 bits per heavy atom. The van der Waals surface area contributed by atoms with E-state index in [9.17, 15) is 4.79 Å². The average Bonchev–Trinajstić information content (AvgIpc) is 2.95. The van der Waals surface area contributed by atoms with Crippen molar-refractivity contribution in [1.82, 2.24) is 14.9 Å². The van der Waals surface area contributed by atoms with E-state index in [0.29, 0.717) is 11.6 Å². The van der Waals surface area contributed by atoms with E-state index < -0.39 is 0 Å². The molecule has 0 spiro atoms. The first-order chi connectivity index (χ1) is 9.74. The molecule has 2 aromatic rings. The van der Waals surface area contributed by atoms with Gasteiger partial charge in [0.25, 0.3) is 0 Å². The minimum absolute atomic E-state index is 0.101. The van der Waals surface area contributed by atoms with Crippen molar-refractivity contribution in [2.24, 2.45) is 0 Å². The predicted molar refractivity (Wildman–Crippen MR) is 80.3 cm³/mol. The second-order valence-electron chi connectivity index (χ2n) is 4.33. The van der Waals surface area contributed by atoms with Crippen molar-refractivity contribution in [1.29, 1.82) is 0 Å². The zero-order valence-electron chi connectivity index (χ0n) is 11.0. The van der Waals surface area contributed by atoms with Crippen LogP contribution in [0.25, 0.3) is 6.08 Å². The molecule has 0 radical (unpaired) electrons. The van der Waals surface area contributed by atoms with E-state index in [2.05, 4.69) is 10.3 Å². The third kappa shape index (κ3) is 4.90. The number of aromatic nitrogens is 2. The molecule has 0 fully saturated rings. The standard InChI is InChI=1S/C15H16ClN3O/c16-14-4-1-3-13(11-14)5-6-15(20)18-7-2-9-19-10-8-17-12-19/h1,3-6,8,10-12H,2,7,9H2,(H,18,20)/b6-5+. The summed E-state index contributed by atoms with van der Waals surface area (Å²) in [6.07, 6.45) is 9.54. The van der Waals surface area contributed by atoms with Gasteiger partial charge in [0.05, 0.1) is 6.33 Å². The molecule has 1 aromatic heterocycles. The lowest BCUT2D eigenvalue weighted by atomic mass is 10.2. The van der Waals surface area contributed by atoms with Gasteiger partial charge in [-0.05, 0) is 30.2 Å². The number of hydrogen-bond donors (Lipinski definition) is 1. The Kier molecular flexibility index (Phi) is 5.38. The normalized spacial score (nSPS) is 10.8. The van der Waals surface area contributed by atoms with Gasteiger partial charge in [-0.3, -0.25) is 4.79 Å². The van der Waals surface area contributed by atoms with E-state index in [1.165, 1.54) is 6.08 Å². The van der Waals surface area contributed by atoms with Crippen molar-refractivity contribution in [3.8, 4) is 0 Å². The molecule has 0 aliphatic carbocycles. The number of imidazole rings is 1. The number of hydrogen-bond acceptors (Lipinski definition) is 2. The van der Waals surface area contributed by atoms with Gasteiger partial charge in [0, 0.05) is 36.6 Å². The second kappa shape index (κ2) is 7.50. The van der Waals surface area contributed by atoms with E-state index in [-0.39, 0.29) is 5.91 Å². The fourth-order valence-corrected chi connectivity index (χ4v) is 1.93. The summed E-state index contributed by atoms with van der Waals surface area (Å²) in [5.41, 5.74) is 0.908. The lowest BCUT2D eigenvalue weighted by Gasteiger charge is -2.03. The summed E-state index contributed by atoms with van der Waals surface area (Å²) in [6, 6.07) is 7.36. The van der Waals surface area contributed by atoms with Gasteiger partial charge in [-0.2, -0.15) is 0 Å². The predicted octanol–water partition coefficient (Wildman–Crippen LogP) is 2.76. The molecule has 4 nitrogen and oxygen atoms in total. The van der Waals surface area contributed by atoms with E-state index in [0.717, 1.165) is 18.5 Å². The Balaban J connectivity index is 1.70. The molecule has 0 bridgehead atoms. The molecule has 2 rings (SSSR count). The monoisotopic (exact) mass is 289 g/mol. The number of carbonyl (C=O) groups is 1. The summed E-state index contributed by atoms with van der Waals surface area (Å²) in [5.74, 6) is -0.101. The first-order valence-electron chi connectivity index (χ1n) is 6.41. The summed E-state index contributed by atoms with van der Waals surface area (Å²) in [7, 11) is 0. The van der Waals surface area contributed by atoms with Crippen molar-refractivity contribution in [3.05, 3.63) is 59.6 Å². The van der Waals surface area contributed by atoms with Crippen LogP contribution in [0.1, 0.15) is 12.0 Å². The van der Waals surface area contributed by atoms with Crippen LogP contribution in [0, 0.1) is 0 Å². The SMILES string of the molecule is O=C(/C=C/c1cccc(Cl)c1)NCCCn1ccnc1. The van der Waals surface area contributed by atoms with Gasteiger partial charge >= 0.3 is 0 Å². The van der Waals surface area contributed by atoms with Crippen molar-refractivity contribution in [2.45, 2.75) is 13.0 Å². The molecular formula is C15H16ClN3O. The lowest BCUT2D eigenvalue weighted by molar-refractivity contribution is -0.116. The Morgan fingerprint density at radius 1 is 1.45 bits per heavy atom. The van der Waals surface area contributed by atoms with Crippen LogP contribution >= 0.6 is 11.6 Å². The molecule has 0 unspecified atom stereocenters. The molecule has 5 heteroatoms. The topological polar surface area (TPSA) is 46.9 Å². The third-order valence-electron chi connectivity index (χ3n) is 2.73. The fraction of sp³-hybridized carbons (Fsp3) is 0.200. The Hall–Kier alpha value is -2.07. The van der Waals surface area contributed by atoms with Crippen LogP contribution < -0.4 is 5.32 Å². The number of benzene rings is 1. The maximum absolute atomic E-state index is 11.6. The zero-order chi connectivity index (χ0) is 14.2. The number of aryl methyl sites for hydroxylation is 1. The maximum atomic E-state index is 11.6. The van der Waals surface area contributed by atoms with E-state index in [1.54, 1.807) is 24.7 Å². The molecule has 0 saturated heterocycles. The summed E-state index contributed by atoms with van der Waals surface area (Å²) >= 11 is 5.87. The first-order valence-corrected chi connectivity index (χ1v) is 6.79. The zero-order valence-corrected chi connectivity index (χ0v) is 11.8. The Bertz CT molecular complexity index is 579. The van der Waals surface area contributed by atoms with Gasteiger partial charge in [0.1, 0.15) is 0 Å². The molecular weight excluding hydrogens is 274 g/mol. The molecule has 1 aromatic carbocycles. The van der Waals surface area contributed by atoms with Crippen LogP contribution in [0.5, 0.6) is 0 Å². The number of carbonyl (C=O) groups excluding carboxylic acids is 1. The molecule has 0 saturated carbocycles. The summed E-state index contributed by atoms with van der Waals surface area (Å²) in [4.78, 5) is 15.6. The van der Waals surface area contributed by atoms with Crippen LogP contribution in [0.3, 0.4) is 0 Å². The molecule has 0 aliphatic rings. The first kappa shape index (κ1) is 14.3. The average molecular weight is 290 g/mol. The van der Waals surface area contributed by atoms with Gasteiger partial charge in [-0.15, -0.1) is 0 Å². The Morgan fingerprint density at radius 3 is 3.10 bits per heavy atom. The minimum atomic E-state index is -0.101. The van der Waals surface area contributed by atoms with Gasteiger partial charge in [0.2, 0.25) is 5.91 Å². The number of nitrogens with one attached hydrogen (secondary N) is 1. The highest BCUT2D eigenvalue weighted by Gasteiger charge is 1.96. The maximum Gasteiger partial charge on any atom is 0.244 e. The van der Waals surface area contributed by atoms with E-state index in [1.807, 2.05) is 29.0 Å². The third-order valence-corrected chi connectivity index (χ3v) is 2.96. The van der Waals surface area contributed by atoms with Gasteiger partial charge in [0.15, 0.2) is 0 Å². The van der Waals surface area contributed by atoms with Crippen LogP contribution in [0.15, 0.2) is 49.1 Å². The molecule has 0 atom stereocenters. The molecule has 1 N–H and O–H groups in total. The summed E-state index contributed by atoms with van der Waals surface area (Å²) < 4.78 is 1.98. The van der Waals surface area contributed by atoms with Gasteiger partial charge in [-0.1, -0.05) is 23.7 Å². The van der Waals surface area contributed by atoms with Gasteiger partial charge < -0.3 is 9.88 Å². The van der Waals surface area contributed by atoms with Crippen molar-refractivity contribution in [3.63, 3.8) is 0 Å². The van der Waals surface area contributed by atoms with Crippen molar-refractivity contribution >= 4 is 23.6 Å². The molecule has 20 heavy (non-hydrogen) atoms. The second-order valence-corrected chi connectivity index (χ2v) is 4.77. The van der Waals surface area contributed by atoms with Crippen LogP contribution in [-0.2, 0) is 11.3 Å². The summed E-state index contributed by atoms with van der Waals surface area (Å²) in [6.45, 7) is 1.48. The largest absolute Gasteiger partial charge is 0.352 e. The van der Waals surface area contributed by atoms with Crippen LogP contribution in [0.2, 0.25) is 5.02 Å². The van der Waals surface area contributed by atoms with E-state index >= 15 is 0 Å². The molecule has 0 aliphatic heterocycles. The highest BCUT2D eigenvalue weighted by atomic mass is 35.5. The Labute approximate surface area is 123 Å². The van der Waals surface area contributed by atoms with E-state index in [4.69, 9.17) is 11.6 Å². The molecule has 1 amide bonds. The van der Waals surface area contributed by atoms with Crippen LogP contribution in [-0.4, -0.2) is 22.0 Å². The highest BCUT2D eigenvalue weighted by Crippen LogP contribution is 2.11. The quantitative estimate of drug-likeness (QED) is 0.656. The molecule has 104 valence electrons. The number of rotatable bonds is 6. The summed E-state index contributed by atoms with van der Waals surface area (Å²) in [5, 5.41) is 3.50. The lowest BCUT2D eigenvalue weighted by Crippen LogP contribution is -2.22. The van der Waals surface area contributed by atoms with Crippen molar-refractivity contribution in [2.75, 3.05) is 6.54 Å². The minimum Gasteiger partial charge on any atom is -0.352 e.